The average molecular weight is 237 g/mol. The van der Waals surface area contributed by atoms with E-state index in [4.69, 9.17) is 10.2 Å². The molecule has 0 bridgehead atoms. The molecule has 0 aliphatic rings. The Morgan fingerprint density at radius 2 is 1.94 bits per heavy atom. The Kier molecular flexibility index (Phi) is 5.66. The van der Waals surface area contributed by atoms with Crippen molar-refractivity contribution >= 4 is 5.91 Å². The van der Waals surface area contributed by atoms with Gasteiger partial charge in [0.2, 0.25) is 0 Å². The molecule has 0 aromatic heterocycles. The number of nitrogens with one attached hydrogen (secondary N) is 1. The van der Waals surface area contributed by atoms with Gasteiger partial charge in [-0.05, 0) is 30.0 Å². The Balaban J connectivity index is 2.46. The number of benzene rings is 1. The highest BCUT2D eigenvalue weighted by Gasteiger charge is 2.07. The monoisotopic (exact) mass is 237 g/mol. The molecule has 1 rings (SSSR count). The minimum atomic E-state index is -0.126. The van der Waals surface area contributed by atoms with E-state index in [1.807, 2.05) is 6.92 Å². The number of carbonyl (C=O) groups is 1. The summed E-state index contributed by atoms with van der Waals surface area (Å²) in [4.78, 5) is 11.7. The van der Waals surface area contributed by atoms with Gasteiger partial charge in [-0.2, -0.15) is 0 Å². The van der Waals surface area contributed by atoms with Crippen LogP contribution in [0.3, 0.4) is 0 Å². The van der Waals surface area contributed by atoms with Gasteiger partial charge in [0.1, 0.15) is 0 Å². The van der Waals surface area contributed by atoms with Crippen LogP contribution < -0.4 is 5.32 Å². The van der Waals surface area contributed by atoms with Gasteiger partial charge in [-0.1, -0.05) is 19.1 Å². The van der Waals surface area contributed by atoms with E-state index in [-0.39, 0.29) is 25.0 Å². The van der Waals surface area contributed by atoms with Crippen molar-refractivity contribution in [2.24, 2.45) is 5.92 Å². The van der Waals surface area contributed by atoms with E-state index >= 15 is 0 Å². The molecule has 0 fully saturated rings. The van der Waals surface area contributed by atoms with Crippen molar-refractivity contribution in [3.63, 3.8) is 0 Å². The quantitative estimate of drug-likeness (QED) is 0.689. The van der Waals surface area contributed by atoms with Gasteiger partial charge in [-0.15, -0.1) is 0 Å². The summed E-state index contributed by atoms with van der Waals surface area (Å²) in [6.07, 6.45) is 0.684. The van der Waals surface area contributed by atoms with Crippen LogP contribution in [0.5, 0.6) is 0 Å². The first-order chi connectivity index (χ1) is 8.17. The molecule has 0 spiro atoms. The molecule has 4 nitrogen and oxygen atoms in total. The summed E-state index contributed by atoms with van der Waals surface area (Å²) in [6.45, 7) is 2.66. The van der Waals surface area contributed by atoms with E-state index in [1.54, 1.807) is 24.3 Å². The highest BCUT2D eigenvalue weighted by Crippen LogP contribution is 2.05. The predicted octanol–water partition coefficient (Wildman–Crippen LogP) is 0.927. The van der Waals surface area contributed by atoms with Gasteiger partial charge in [0.25, 0.3) is 5.91 Å². The predicted molar refractivity (Wildman–Crippen MR) is 65.6 cm³/mol. The molecule has 1 aromatic rings. The van der Waals surface area contributed by atoms with Crippen LogP contribution in [-0.4, -0.2) is 29.3 Å². The van der Waals surface area contributed by atoms with E-state index in [1.165, 1.54) is 0 Å². The van der Waals surface area contributed by atoms with Crippen molar-refractivity contribution in [2.75, 3.05) is 13.2 Å². The molecule has 1 amide bonds. The van der Waals surface area contributed by atoms with Crippen LogP contribution in [0.15, 0.2) is 24.3 Å². The minimum absolute atomic E-state index is 0.0184. The lowest BCUT2D eigenvalue weighted by Crippen LogP contribution is -2.28. The second-order valence-corrected chi connectivity index (χ2v) is 4.18. The molecule has 1 unspecified atom stereocenters. The smallest absolute Gasteiger partial charge is 0.251 e. The Labute approximate surface area is 101 Å². The molecule has 0 heterocycles. The van der Waals surface area contributed by atoms with E-state index in [9.17, 15) is 4.79 Å². The molecule has 3 N–H and O–H groups in total. The molecule has 0 saturated heterocycles. The first kappa shape index (κ1) is 13.7. The van der Waals surface area contributed by atoms with Crippen molar-refractivity contribution in [3.8, 4) is 0 Å². The lowest BCUT2D eigenvalue weighted by molar-refractivity contribution is 0.0945. The standard InChI is InChI=1S/C13H19NO3/c1-10(6-7-15)8-14-13(17)12-4-2-11(9-16)3-5-12/h2-5,10,15-16H,6-9H2,1H3,(H,14,17). The largest absolute Gasteiger partial charge is 0.396 e. The molecule has 4 heteroatoms. The SMILES string of the molecule is CC(CCO)CNC(=O)c1ccc(CO)cc1. The summed E-state index contributed by atoms with van der Waals surface area (Å²) in [5.41, 5.74) is 1.37. The number of hydrogen-bond acceptors (Lipinski definition) is 3. The van der Waals surface area contributed by atoms with Gasteiger partial charge in [0.15, 0.2) is 0 Å². The maximum atomic E-state index is 11.7. The maximum absolute atomic E-state index is 11.7. The minimum Gasteiger partial charge on any atom is -0.396 e. The van der Waals surface area contributed by atoms with Gasteiger partial charge >= 0.3 is 0 Å². The number of aliphatic hydroxyl groups is 2. The Morgan fingerprint density at radius 1 is 1.29 bits per heavy atom. The van der Waals surface area contributed by atoms with Crippen LogP contribution >= 0.6 is 0 Å². The topological polar surface area (TPSA) is 69.6 Å². The molecule has 94 valence electrons. The summed E-state index contributed by atoms with van der Waals surface area (Å²) >= 11 is 0. The third-order valence-electron chi connectivity index (χ3n) is 2.63. The first-order valence-electron chi connectivity index (χ1n) is 5.76. The van der Waals surface area contributed by atoms with Crippen LogP contribution in [0.25, 0.3) is 0 Å². The van der Waals surface area contributed by atoms with Crippen LogP contribution in [0.2, 0.25) is 0 Å². The number of carbonyl (C=O) groups excluding carboxylic acids is 1. The summed E-state index contributed by atoms with van der Waals surface area (Å²) in [7, 11) is 0. The molecule has 1 atom stereocenters. The lowest BCUT2D eigenvalue weighted by Gasteiger charge is -2.11. The molecule has 17 heavy (non-hydrogen) atoms. The van der Waals surface area contributed by atoms with Crippen LogP contribution in [0.1, 0.15) is 29.3 Å². The third-order valence-corrected chi connectivity index (χ3v) is 2.63. The van der Waals surface area contributed by atoms with E-state index in [0.29, 0.717) is 18.5 Å². The fourth-order valence-electron chi connectivity index (χ4n) is 1.45. The van der Waals surface area contributed by atoms with Crippen molar-refractivity contribution in [1.29, 1.82) is 0 Å². The van der Waals surface area contributed by atoms with Crippen LogP contribution in [0.4, 0.5) is 0 Å². The lowest BCUT2D eigenvalue weighted by atomic mass is 10.1. The van der Waals surface area contributed by atoms with Crippen molar-refractivity contribution in [2.45, 2.75) is 20.0 Å². The fraction of sp³-hybridized carbons (Fsp3) is 0.462. The molecule has 0 saturated carbocycles. The Morgan fingerprint density at radius 3 is 2.47 bits per heavy atom. The molecular formula is C13H19NO3. The van der Waals surface area contributed by atoms with Crippen LogP contribution in [0, 0.1) is 5.92 Å². The average Bonchev–Trinajstić information content (AvgIpc) is 2.36. The number of aliphatic hydroxyl groups excluding tert-OH is 2. The van der Waals surface area contributed by atoms with Gasteiger partial charge in [-0.3, -0.25) is 4.79 Å². The zero-order valence-corrected chi connectivity index (χ0v) is 10.0. The van der Waals surface area contributed by atoms with Gasteiger partial charge in [-0.25, -0.2) is 0 Å². The number of amides is 1. The van der Waals surface area contributed by atoms with E-state index in [2.05, 4.69) is 5.32 Å². The summed E-state index contributed by atoms with van der Waals surface area (Å²) < 4.78 is 0. The third kappa shape index (κ3) is 4.54. The van der Waals surface area contributed by atoms with Crippen molar-refractivity contribution < 1.29 is 15.0 Å². The Hall–Kier alpha value is -1.39. The fourth-order valence-corrected chi connectivity index (χ4v) is 1.45. The van der Waals surface area contributed by atoms with Crippen LogP contribution in [-0.2, 0) is 6.61 Å². The molecule has 1 aromatic carbocycles. The zero-order chi connectivity index (χ0) is 12.7. The van der Waals surface area contributed by atoms with Crippen molar-refractivity contribution in [3.05, 3.63) is 35.4 Å². The van der Waals surface area contributed by atoms with E-state index in [0.717, 1.165) is 5.56 Å². The van der Waals surface area contributed by atoms with Crippen molar-refractivity contribution in [1.82, 2.24) is 5.32 Å². The second kappa shape index (κ2) is 7.04. The first-order valence-corrected chi connectivity index (χ1v) is 5.76. The number of hydrogen-bond donors (Lipinski definition) is 3. The number of rotatable bonds is 6. The highest BCUT2D eigenvalue weighted by atomic mass is 16.3. The van der Waals surface area contributed by atoms with Gasteiger partial charge < -0.3 is 15.5 Å². The highest BCUT2D eigenvalue weighted by molar-refractivity contribution is 5.94. The molecular weight excluding hydrogens is 218 g/mol. The van der Waals surface area contributed by atoms with Gasteiger partial charge in [0, 0.05) is 18.7 Å². The maximum Gasteiger partial charge on any atom is 0.251 e. The van der Waals surface area contributed by atoms with E-state index < -0.39 is 0 Å². The van der Waals surface area contributed by atoms with Gasteiger partial charge in [0.05, 0.1) is 6.61 Å². The molecule has 0 radical (unpaired) electrons. The normalized spacial score (nSPS) is 12.2. The summed E-state index contributed by atoms with van der Waals surface area (Å²) in [6, 6.07) is 6.84. The zero-order valence-electron chi connectivity index (χ0n) is 10.0. The molecule has 0 aliphatic heterocycles. The Bertz CT molecular complexity index is 348. The summed E-state index contributed by atoms with van der Waals surface area (Å²) in [5, 5.41) is 20.4. The summed E-state index contributed by atoms with van der Waals surface area (Å²) in [5.74, 6) is 0.139. The second-order valence-electron chi connectivity index (χ2n) is 4.18. The molecule has 0 aliphatic carbocycles.